The number of carboxylic acid groups (broad SMARTS) is 1. The Morgan fingerprint density at radius 3 is 2.67 bits per heavy atom. The molecule has 0 rings (SSSR count). The van der Waals surface area contributed by atoms with Crippen molar-refractivity contribution in [2.75, 3.05) is 13.1 Å². The highest BCUT2D eigenvalue weighted by molar-refractivity contribution is 5.78. The maximum Gasteiger partial charge on any atom is 0.323 e. The van der Waals surface area contributed by atoms with Crippen LogP contribution in [0.5, 0.6) is 0 Å². The molecule has 0 saturated carbocycles. The second-order valence-electron chi connectivity index (χ2n) is 3.62. The molecule has 6 N–H and O–H groups in total. The van der Waals surface area contributed by atoms with E-state index in [4.69, 9.17) is 16.6 Å². The fourth-order valence-corrected chi connectivity index (χ4v) is 0.990. The monoisotopic (exact) mass is 216 g/mol. The topological polar surface area (TPSA) is 114 Å². The molecule has 0 fully saturated rings. The van der Waals surface area contributed by atoms with Gasteiger partial charge in [0.1, 0.15) is 5.54 Å². The van der Waals surface area contributed by atoms with E-state index in [2.05, 4.69) is 10.3 Å². The average Bonchev–Trinajstić information content (AvgIpc) is 2.13. The van der Waals surface area contributed by atoms with Crippen molar-refractivity contribution in [3.63, 3.8) is 0 Å². The van der Waals surface area contributed by atoms with Crippen LogP contribution in [0.25, 0.3) is 0 Å². The minimum absolute atomic E-state index is 0.380. The molecule has 88 valence electrons. The number of hydrogen-bond acceptors (Lipinski definition) is 3. The molecule has 6 nitrogen and oxygen atoms in total. The molecule has 0 unspecified atom stereocenters. The first-order valence-electron chi connectivity index (χ1n) is 4.96. The summed E-state index contributed by atoms with van der Waals surface area (Å²) in [5.74, 6) is -0.613. The number of guanidine groups is 1. The van der Waals surface area contributed by atoms with E-state index in [-0.39, 0.29) is 0 Å². The van der Waals surface area contributed by atoms with E-state index in [0.29, 0.717) is 25.3 Å². The molecule has 0 amide bonds. The summed E-state index contributed by atoms with van der Waals surface area (Å²) in [5.41, 5.74) is 9.85. The van der Waals surface area contributed by atoms with Crippen molar-refractivity contribution < 1.29 is 9.90 Å². The van der Waals surface area contributed by atoms with Gasteiger partial charge in [-0.1, -0.05) is 0 Å². The van der Waals surface area contributed by atoms with E-state index < -0.39 is 11.5 Å². The summed E-state index contributed by atoms with van der Waals surface area (Å²) in [6.45, 7) is 4.62. The zero-order valence-corrected chi connectivity index (χ0v) is 9.29. The molecule has 0 aliphatic carbocycles. The molecule has 0 heterocycles. The molecular formula is C9H20N4O2. The average molecular weight is 216 g/mol. The fourth-order valence-electron chi connectivity index (χ4n) is 0.990. The van der Waals surface area contributed by atoms with Crippen LogP contribution in [0.4, 0.5) is 0 Å². The van der Waals surface area contributed by atoms with Crippen molar-refractivity contribution in [1.82, 2.24) is 5.32 Å². The normalized spacial score (nSPS) is 15.8. The summed E-state index contributed by atoms with van der Waals surface area (Å²) >= 11 is 0. The predicted molar refractivity (Wildman–Crippen MR) is 59.6 cm³/mol. The van der Waals surface area contributed by atoms with Gasteiger partial charge in [-0.05, 0) is 26.7 Å². The van der Waals surface area contributed by atoms with Gasteiger partial charge in [-0.2, -0.15) is 0 Å². The number of nitrogens with zero attached hydrogens (tertiary/aromatic N) is 1. The molecule has 0 aliphatic rings. The van der Waals surface area contributed by atoms with E-state index in [0.717, 1.165) is 6.54 Å². The minimum Gasteiger partial charge on any atom is -0.480 e. The third kappa shape index (κ3) is 5.90. The lowest BCUT2D eigenvalue weighted by Crippen LogP contribution is -2.44. The number of nitrogens with two attached hydrogens (primary N) is 2. The van der Waals surface area contributed by atoms with Gasteiger partial charge in [-0.15, -0.1) is 0 Å². The smallest absolute Gasteiger partial charge is 0.323 e. The molecule has 0 aromatic carbocycles. The molecule has 15 heavy (non-hydrogen) atoms. The molecule has 0 aromatic rings. The molecule has 0 spiro atoms. The van der Waals surface area contributed by atoms with Crippen LogP contribution < -0.4 is 16.8 Å². The maximum absolute atomic E-state index is 10.7. The number of aliphatic imine (C=N–C) groups is 1. The number of carbonyl (C=O) groups is 1. The quantitative estimate of drug-likeness (QED) is 0.271. The van der Waals surface area contributed by atoms with Crippen LogP contribution in [-0.2, 0) is 4.79 Å². The zero-order chi connectivity index (χ0) is 11.9. The Bertz CT molecular complexity index is 238. The van der Waals surface area contributed by atoms with Crippen molar-refractivity contribution in [1.29, 1.82) is 0 Å². The van der Waals surface area contributed by atoms with Gasteiger partial charge in [0.25, 0.3) is 0 Å². The van der Waals surface area contributed by atoms with Gasteiger partial charge in [0.05, 0.1) is 0 Å². The molecule has 0 bridgehead atoms. The van der Waals surface area contributed by atoms with Crippen molar-refractivity contribution >= 4 is 11.9 Å². The molecule has 0 saturated heterocycles. The number of rotatable bonds is 6. The summed E-state index contributed by atoms with van der Waals surface area (Å²) in [7, 11) is 0. The Morgan fingerprint density at radius 2 is 2.20 bits per heavy atom. The second kappa shape index (κ2) is 6.23. The van der Waals surface area contributed by atoms with Gasteiger partial charge in [-0.25, -0.2) is 0 Å². The Kier molecular flexibility index (Phi) is 5.69. The zero-order valence-electron chi connectivity index (χ0n) is 9.29. The van der Waals surface area contributed by atoms with Gasteiger partial charge in [-0.3, -0.25) is 9.79 Å². The van der Waals surface area contributed by atoms with Crippen LogP contribution in [0.2, 0.25) is 0 Å². The first kappa shape index (κ1) is 13.7. The van der Waals surface area contributed by atoms with E-state index in [1.165, 1.54) is 6.92 Å². The van der Waals surface area contributed by atoms with Gasteiger partial charge >= 0.3 is 5.97 Å². The van der Waals surface area contributed by atoms with Crippen molar-refractivity contribution in [2.24, 2.45) is 16.5 Å². The first-order chi connectivity index (χ1) is 6.90. The highest BCUT2D eigenvalue weighted by atomic mass is 16.4. The van der Waals surface area contributed by atoms with Crippen molar-refractivity contribution in [2.45, 2.75) is 32.2 Å². The number of nitrogens with one attached hydrogen (secondary N) is 1. The third-order valence-electron chi connectivity index (χ3n) is 1.98. The standard InChI is InChI=1S/C9H20N4O2/c1-3-12-8(10)13-6-4-5-9(2,11)7(14)15/h3-6,11H2,1-2H3,(H,14,15)(H3,10,12,13)/t9-/m0/s1. The SMILES string of the molecule is CCNC(N)=NCCC[C@](C)(N)C(=O)O. The molecule has 0 aromatic heterocycles. The van der Waals surface area contributed by atoms with E-state index in [1.54, 1.807) is 0 Å². The minimum atomic E-state index is -1.18. The van der Waals surface area contributed by atoms with Gasteiger partial charge in [0, 0.05) is 13.1 Å². The summed E-state index contributed by atoms with van der Waals surface area (Å²) < 4.78 is 0. The Morgan fingerprint density at radius 1 is 1.60 bits per heavy atom. The Labute approximate surface area is 89.7 Å². The van der Waals surface area contributed by atoms with Crippen LogP contribution in [-0.4, -0.2) is 35.7 Å². The molecular weight excluding hydrogens is 196 g/mol. The largest absolute Gasteiger partial charge is 0.480 e. The van der Waals surface area contributed by atoms with Crippen LogP contribution in [0, 0.1) is 0 Å². The van der Waals surface area contributed by atoms with Gasteiger partial charge in [0.15, 0.2) is 5.96 Å². The van der Waals surface area contributed by atoms with Crippen LogP contribution in [0.15, 0.2) is 4.99 Å². The Hall–Kier alpha value is -1.30. The highest BCUT2D eigenvalue weighted by Crippen LogP contribution is 2.08. The second-order valence-corrected chi connectivity index (χ2v) is 3.62. The lowest BCUT2D eigenvalue weighted by atomic mass is 9.98. The van der Waals surface area contributed by atoms with E-state index >= 15 is 0 Å². The lowest BCUT2D eigenvalue weighted by molar-refractivity contribution is -0.142. The van der Waals surface area contributed by atoms with Gasteiger partial charge in [0.2, 0.25) is 0 Å². The fraction of sp³-hybridized carbons (Fsp3) is 0.778. The van der Waals surface area contributed by atoms with Crippen LogP contribution in [0.3, 0.4) is 0 Å². The molecule has 1 atom stereocenters. The molecule has 0 radical (unpaired) electrons. The summed E-state index contributed by atoms with van der Waals surface area (Å²) in [4.78, 5) is 14.7. The van der Waals surface area contributed by atoms with Crippen LogP contribution >= 0.6 is 0 Å². The van der Waals surface area contributed by atoms with E-state index in [1.807, 2.05) is 6.92 Å². The predicted octanol–water partition coefficient (Wildman–Crippen LogP) is -0.507. The van der Waals surface area contributed by atoms with Crippen LogP contribution in [0.1, 0.15) is 26.7 Å². The highest BCUT2D eigenvalue weighted by Gasteiger charge is 2.26. The summed E-state index contributed by atoms with van der Waals surface area (Å²) in [5, 5.41) is 11.6. The molecule has 6 heteroatoms. The van der Waals surface area contributed by atoms with Crippen molar-refractivity contribution in [3.8, 4) is 0 Å². The first-order valence-corrected chi connectivity index (χ1v) is 4.96. The summed E-state index contributed by atoms with van der Waals surface area (Å²) in [6, 6.07) is 0. The summed E-state index contributed by atoms with van der Waals surface area (Å²) in [6.07, 6.45) is 0.983. The number of carboxylic acids is 1. The lowest BCUT2D eigenvalue weighted by Gasteiger charge is -2.17. The maximum atomic E-state index is 10.7. The molecule has 0 aliphatic heterocycles. The van der Waals surface area contributed by atoms with Crippen molar-refractivity contribution in [3.05, 3.63) is 0 Å². The number of hydrogen-bond donors (Lipinski definition) is 4. The number of aliphatic carboxylic acids is 1. The third-order valence-corrected chi connectivity index (χ3v) is 1.98. The van der Waals surface area contributed by atoms with E-state index in [9.17, 15) is 4.79 Å². The van der Waals surface area contributed by atoms with Gasteiger partial charge < -0.3 is 21.9 Å². The Balaban J connectivity index is 3.80.